The highest BCUT2D eigenvalue weighted by atomic mass is 35.5. The SMILES string of the molecule is COCc1ccccc1NC(=O)CC1CSCCN1.Cl. The van der Waals surface area contributed by atoms with Crippen LogP contribution in [0.15, 0.2) is 24.3 Å². The Kier molecular flexibility index (Phi) is 7.99. The van der Waals surface area contributed by atoms with Gasteiger partial charge in [-0.3, -0.25) is 4.79 Å². The summed E-state index contributed by atoms with van der Waals surface area (Å²) in [6, 6.07) is 8.03. The van der Waals surface area contributed by atoms with Crippen LogP contribution in [0, 0.1) is 0 Å². The van der Waals surface area contributed by atoms with Gasteiger partial charge in [-0.25, -0.2) is 0 Å². The van der Waals surface area contributed by atoms with Crippen molar-refractivity contribution < 1.29 is 9.53 Å². The van der Waals surface area contributed by atoms with Gasteiger partial charge in [0.25, 0.3) is 0 Å². The van der Waals surface area contributed by atoms with Crippen LogP contribution in [0.1, 0.15) is 12.0 Å². The molecule has 1 atom stereocenters. The molecular weight excluding hydrogens is 296 g/mol. The van der Waals surface area contributed by atoms with Crippen LogP contribution in [0.4, 0.5) is 5.69 Å². The molecule has 0 saturated carbocycles. The van der Waals surface area contributed by atoms with E-state index in [-0.39, 0.29) is 24.4 Å². The van der Waals surface area contributed by atoms with Gasteiger partial charge in [-0.15, -0.1) is 12.4 Å². The van der Waals surface area contributed by atoms with Crippen molar-refractivity contribution >= 4 is 35.8 Å². The number of methoxy groups -OCH3 is 1. The summed E-state index contributed by atoms with van der Waals surface area (Å²) in [5.41, 5.74) is 1.85. The van der Waals surface area contributed by atoms with Gasteiger partial charge in [0, 0.05) is 48.9 Å². The number of carbonyl (C=O) groups is 1. The topological polar surface area (TPSA) is 50.4 Å². The molecule has 1 aromatic carbocycles. The molecule has 2 rings (SSSR count). The molecular formula is C14H21ClN2O2S. The number of benzene rings is 1. The predicted molar refractivity (Wildman–Crippen MR) is 86.8 cm³/mol. The minimum atomic E-state index is 0. The maximum absolute atomic E-state index is 12.0. The van der Waals surface area contributed by atoms with Crippen LogP contribution in [0.2, 0.25) is 0 Å². The number of halogens is 1. The lowest BCUT2D eigenvalue weighted by Crippen LogP contribution is -2.39. The van der Waals surface area contributed by atoms with Crippen molar-refractivity contribution in [3.05, 3.63) is 29.8 Å². The first-order valence-corrected chi connectivity index (χ1v) is 7.63. The third kappa shape index (κ3) is 5.32. The lowest BCUT2D eigenvalue weighted by molar-refractivity contribution is -0.116. The third-order valence-corrected chi connectivity index (χ3v) is 4.15. The standard InChI is InChI=1S/C14H20N2O2S.ClH/c1-18-9-11-4-2-3-5-13(11)16-14(17)8-12-10-19-7-6-15-12;/h2-5,12,15H,6-10H2,1H3,(H,16,17);1H. The zero-order valence-corrected chi connectivity index (χ0v) is 13.2. The van der Waals surface area contributed by atoms with Crippen LogP contribution in [0.5, 0.6) is 0 Å². The second-order valence-corrected chi connectivity index (χ2v) is 5.72. The lowest BCUT2D eigenvalue weighted by atomic mass is 10.1. The van der Waals surface area contributed by atoms with Gasteiger partial charge in [0.15, 0.2) is 0 Å². The second-order valence-electron chi connectivity index (χ2n) is 4.57. The highest BCUT2D eigenvalue weighted by Gasteiger charge is 2.17. The van der Waals surface area contributed by atoms with Crippen molar-refractivity contribution in [1.29, 1.82) is 0 Å². The molecule has 1 aliphatic heterocycles. The van der Waals surface area contributed by atoms with Crippen molar-refractivity contribution in [3.8, 4) is 0 Å². The number of rotatable bonds is 5. The van der Waals surface area contributed by atoms with Crippen molar-refractivity contribution in [1.82, 2.24) is 5.32 Å². The molecule has 2 N–H and O–H groups in total. The van der Waals surface area contributed by atoms with Gasteiger partial charge >= 0.3 is 0 Å². The summed E-state index contributed by atoms with van der Waals surface area (Å²) < 4.78 is 5.13. The molecule has 20 heavy (non-hydrogen) atoms. The van der Waals surface area contributed by atoms with Crippen molar-refractivity contribution in [2.75, 3.05) is 30.5 Å². The molecule has 1 fully saturated rings. The van der Waals surface area contributed by atoms with E-state index in [4.69, 9.17) is 4.74 Å². The zero-order chi connectivity index (χ0) is 13.5. The van der Waals surface area contributed by atoms with Crippen LogP contribution in [-0.4, -0.2) is 37.1 Å². The van der Waals surface area contributed by atoms with Crippen LogP contribution >= 0.6 is 24.2 Å². The Morgan fingerprint density at radius 2 is 2.30 bits per heavy atom. The van der Waals surface area contributed by atoms with Gasteiger partial charge in [0.05, 0.1) is 6.61 Å². The molecule has 112 valence electrons. The molecule has 1 heterocycles. The van der Waals surface area contributed by atoms with E-state index in [2.05, 4.69) is 10.6 Å². The van der Waals surface area contributed by atoms with Gasteiger partial charge in [-0.1, -0.05) is 18.2 Å². The molecule has 0 spiro atoms. The number of para-hydroxylation sites is 1. The highest BCUT2D eigenvalue weighted by molar-refractivity contribution is 7.99. The van der Waals surface area contributed by atoms with Crippen LogP contribution in [0.3, 0.4) is 0 Å². The Balaban J connectivity index is 0.00000200. The number of nitrogens with one attached hydrogen (secondary N) is 2. The molecule has 0 aliphatic carbocycles. The molecule has 1 aromatic rings. The second kappa shape index (κ2) is 9.23. The average Bonchev–Trinajstić information content (AvgIpc) is 2.42. The maximum Gasteiger partial charge on any atom is 0.225 e. The first-order chi connectivity index (χ1) is 9.29. The number of thioether (sulfide) groups is 1. The van der Waals surface area contributed by atoms with E-state index in [9.17, 15) is 4.79 Å². The fraction of sp³-hybridized carbons (Fsp3) is 0.500. The van der Waals surface area contributed by atoms with E-state index in [0.717, 1.165) is 29.3 Å². The number of anilines is 1. The molecule has 1 amide bonds. The minimum absolute atomic E-state index is 0. The average molecular weight is 317 g/mol. The Morgan fingerprint density at radius 3 is 3.00 bits per heavy atom. The summed E-state index contributed by atoms with van der Waals surface area (Å²) in [6.45, 7) is 1.50. The highest BCUT2D eigenvalue weighted by Crippen LogP contribution is 2.17. The van der Waals surface area contributed by atoms with Crippen molar-refractivity contribution in [2.24, 2.45) is 0 Å². The Bertz CT molecular complexity index is 425. The molecule has 1 unspecified atom stereocenters. The summed E-state index contributed by atoms with van der Waals surface area (Å²) in [4.78, 5) is 12.0. The first kappa shape index (κ1) is 17.3. The van der Waals surface area contributed by atoms with Crippen LogP contribution in [0.25, 0.3) is 0 Å². The van der Waals surface area contributed by atoms with E-state index in [0.29, 0.717) is 13.0 Å². The van der Waals surface area contributed by atoms with E-state index >= 15 is 0 Å². The Morgan fingerprint density at radius 1 is 1.50 bits per heavy atom. The fourth-order valence-corrected chi connectivity index (χ4v) is 3.05. The van der Waals surface area contributed by atoms with Crippen LogP contribution in [-0.2, 0) is 16.1 Å². The normalized spacial score (nSPS) is 18.1. The predicted octanol–water partition coefficient (Wildman–Crippen LogP) is 2.29. The number of ether oxygens (including phenoxy) is 1. The quantitative estimate of drug-likeness (QED) is 0.875. The monoisotopic (exact) mass is 316 g/mol. The van der Waals surface area contributed by atoms with Gasteiger partial charge in [0.1, 0.15) is 0 Å². The molecule has 0 bridgehead atoms. The number of hydrogen-bond donors (Lipinski definition) is 2. The molecule has 4 nitrogen and oxygen atoms in total. The van der Waals surface area contributed by atoms with E-state index in [1.807, 2.05) is 36.0 Å². The Hall–Kier alpha value is -0.750. The first-order valence-electron chi connectivity index (χ1n) is 6.47. The zero-order valence-electron chi connectivity index (χ0n) is 11.6. The largest absolute Gasteiger partial charge is 0.380 e. The third-order valence-electron chi connectivity index (χ3n) is 3.02. The number of hydrogen-bond acceptors (Lipinski definition) is 4. The fourth-order valence-electron chi connectivity index (χ4n) is 2.10. The number of carbonyl (C=O) groups excluding carboxylic acids is 1. The smallest absolute Gasteiger partial charge is 0.225 e. The van der Waals surface area contributed by atoms with E-state index in [1.54, 1.807) is 7.11 Å². The van der Waals surface area contributed by atoms with Crippen LogP contribution < -0.4 is 10.6 Å². The minimum Gasteiger partial charge on any atom is -0.380 e. The summed E-state index contributed by atoms with van der Waals surface area (Å²) in [5, 5.41) is 6.34. The molecule has 6 heteroatoms. The molecule has 1 saturated heterocycles. The molecule has 0 aromatic heterocycles. The molecule has 0 radical (unpaired) electrons. The summed E-state index contributed by atoms with van der Waals surface area (Å²) in [5.74, 6) is 2.20. The van der Waals surface area contributed by atoms with Gasteiger partial charge < -0.3 is 15.4 Å². The van der Waals surface area contributed by atoms with E-state index < -0.39 is 0 Å². The number of amides is 1. The van der Waals surface area contributed by atoms with E-state index in [1.165, 1.54) is 0 Å². The van der Waals surface area contributed by atoms with Gasteiger partial charge in [0.2, 0.25) is 5.91 Å². The summed E-state index contributed by atoms with van der Waals surface area (Å²) in [7, 11) is 1.65. The summed E-state index contributed by atoms with van der Waals surface area (Å²) >= 11 is 1.90. The maximum atomic E-state index is 12.0. The molecule has 1 aliphatic rings. The van der Waals surface area contributed by atoms with Crippen molar-refractivity contribution in [2.45, 2.75) is 19.1 Å². The lowest BCUT2D eigenvalue weighted by Gasteiger charge is -2.22. The Labute approximate surface area is 130 Å². The van der Waals surface area contributed by atoms with Gasteiger partial charge in [-0.2, -0.15) is 11.8 Å². The van der Waals surface area contributed by atoms with Crippen molar-refractivity contribution in [3.63, 3.8) is 0 Å². The summed E-state index contributed by atoms with van der Waals surface area (Å²) in [6.07, 6.45) is 0.522. The van der Waals surface area contributed by atoms with Gasteiger partial charge in [-0.05, 0) is 6.07 Å².